The van der Waals surface area contributed by atoms with Crippen LogP contribution in [0.3, 0.4) is 0 Å². The van der Waals surface area contributed by atoms with Gasteiger partial charge in [-0.1, -0.05) is 19.1 Å². The van der Waals surface area contributed by atoms with Crippen molar-refractivity contribution in [2.24, 2.45) is 0 Å². The molecule has 1 amide bonds. The maximum atomic E-state index is 12.4. The Labute approximate surface area is 119 Å². The van der Waals surface area contributed by atoms with Crippen molar-refractivity contribution in [1.29, 1.82) is 0 Å². The number of carbonyl (C=O) groups excluding carboxylic acids is 1. The normalized spacial score (nSPS) is 16.6. The van der Waals surface area contributed by atoms with Crippen molar-refractivity contribution in [3.8, 4) is 11.5 Å². The largest absolute Gasteiger partial charge is 0.493 e. The standard InChI is InChI=1S/C15H21NO4/c1-3-12(15(17)16-8-10-19-11-9-16)20-14-7-5-4-6-13(14)18-2/h4-7,12H,3,8-11H2,1-2H3/t12-/m0/s1. The third-order valence-electron chi connectivity index (χ3n) is 3.31. The average molecular weight is 279 g/mol. The van der Waals surface area contributed by atoms with Crippen LogP contribution in [0.25, 0.3) is 0 Å². The SMILES string of the molecule is CC[C@H](Oc1ccccc1OC)C(=O)N1CCOCC1. The fraction of sp³-hybridized carbons (Fsp3) is 0.533. The van der Waals surface area contributed by atoms with Crippen LogP contribution in [-0.2, 0) is 9.53 Å². The summed E-state index contributed by atoms with van der Waals surface area (Å²) in [6.45, 7) is 4.39. The number of benzene rings is 1. The first-order valence-corrected chi connectivity index (χ1v) is 6.92. The van der Waals surface area contributed by atoms with Crippen LogP contribution in [0.4, 0.5) is 0 Å². The van der Waals surface area contributed by atoms with Crippen LogP contribution in [0.1, 0.15) is 13.3 Å². The van der Waals surface area contributed by atoms with Crippen LogP contribution in [0, 0.1) is 0 Å². The summed E-state index contributed by atoms with van der Waals surface area (Å²) in [4.78, 5) is 14.2. The van der Waals surface area contributed by atoms with Crippen LogP contribution in [0.15, 0.2) is 24.3 Å². The van der Waals surface area contributed by atoms with E-state index in [-0.39, 0.29) is 5.91 Å². The molecule has 1 heterocycles. The van der Waals surface area contributed by atoms with E-state index in [1.807, 2.05) is 31.2 Å². The van der Waals surface area contributed by atoms with Crippen LogP contribution >= 0.6 is 0 Å². The Balaban J connectivity index is 2.06. The zero-order chi connectivity index (χ0) is 14.4. The number of rotatable bonds is 5. The number of carbonyl (C=O) groups is 1. The van der Waals surface area contributed by atoms with Gasteiger partial charge in [-0.25, -0.2) is 0 Å². The minimum Gasteiger partial charge on any atom is -0.493 e. The molecular formula is C15H21NO4. The van der Waals surface area contributed by atoms with E-state index in [4.69, 9.17) is 14.2 Å². The molecule has 0 aromatic heterocycles. The lowest BCUT2D eigenvalue weighted by Gasteiger charge is -2.30. The molecule has 0 saturated carbocycles. The van der Waals surface area contributed by atoms with Crippen molar-refractivity contribution in [2.45, 2.75) is 19.4 Å². The highest BCUT2D eigenvalue weighted by atomic mass is 16.5. The Morgan fingerprint density at radius 3 is 2.55 bits per heavy atom. The van der Waals surface area contributed by atoms with Gasteiger partial charge in [0.25, 0.3) is 5.91 Å². The molecular weight excluding hydrogens is 258 g/mol. The Hall–Kier alpha value is -1.75. The summed E-state index contributed by atoms with van der Waals surface area (Å²) in [6.07, 6.45) is 0.137. The molecule has 1 atom stereocenters. The topological polar surface area (TPSA) is 48.0 Å². The van der Waals surface area contributed by atoms with Gasteiger partial charge in [0, 0.05) is 13.1 Å². The highest BCUT2D eigenvalue weighted by molar-refractivity contribution is 5.81. The van der Waals surface area contributed by atoms with Gasteiger partial charge >= 0.3 is 0 Å². The molecule has 0 N–H and O–H groups in total. The van der Waals surface area contributed by atoms with Crippen molar-refractivity contribution in [2.75, 3.05) is 33.4 Å². The number of ether oxygens (including phenoxy) is 3. The van der Waals surface area contributed by atoms with E-state index in [2.05, 4.69) is 0 Å². The van der Waals surface area contributed by atoms with Gasteiger partial charge in [0.2, 0.25) is 0 Å². The molecule has 0 spiro atoms. The maximum Gasteiger partial charge on any atom is 0.263 e. The molecule has 5 nitrogen and oxygen atoms in total. The van der Waals surface area contributed by atoms with Crippen molar-refractivity contribution in [1.82, 2.24) is 4.90 Å². The maximum absolute atomic E-state index is 12.4. The first-order valence-electron chi connectivity index (χ1n) is 6.92. The zero-order valence-electron chi connectivity index (χ0n) is 12.0. The summed E-state index contributed by atoms with van der Waals surface area (Å²) >= 11 is 0. The lowest BCUT2D eigenvalue weighted by molar-refractivity contribution is -0.143. The second kappa shape index (κ2) is 7.14. The fourth-order valence-electron chi connectivity index (χ4n) is 2.17. The summed E-state index contributed by atoms with van der Waals surface area (Å²) in [5, 5.41) is 0. The van der Waals surface area contributed by atoms with E-state index in [1.165, 1.54) is 0 Å². The van der Waals surface area contributed by atoms with Gasteiger partial charge < -0.3 is 19.1 Å². The molecule has 2 rings (SSSR count). The van der Waals surface area contributed by atoms with Gasteiger partial charge in [0.15, 0.2) is 17.6 Å². The van der Waals surface area contributed by atoms with Crippen LogP contribution in [0.2, 0.25) is 0 Å². The average Bonchev–Trinajstić information content (AvgIpc) is 2.53. The Kier molecular flexibility index (Phi) is 5.24. The van der Waals surface area contributed by atoms with Gasteiger partial charge in [-0.05, 0) is 18.6 Å². The summed E-state index contributed by atoms with van der Waals surface area (Å²) in [6, 6.07) is 7.37. The highest BCUT2D eigenvalue weighted by Crippen LogP contribution is 2.27. The molecule has 1 aliphatic rings. The number of nitrogens with zero attached hydrogens (tertiary/aromatic N) is 1. The second-order valence-corrected chi connectivity index (χ2v) is 4.60. The first-order chi connectivity index (χ1) is 9.76. The number of hydrogen-bond acceptors (Lipinski definition) is 4. The lowest BCUT2D eigenvalue weighted by Crippen LogP contribution is -2.47. The summed E-state index contributed by atoms with van der Waals surface area (Å²) in [5.41, 5.74) is 0. The molecule has 1 aromatic rings. The van der Waals surface area contributed by atoms with Crippen molar-refractivity contribution < 1.29 is 19.0 Å². The number of methoxy groups -OCH3 is 1. The Bertz CT molecular complexity index is 443. The molecule has 0 bridgehead atoms. The molecule has 0 unspecified atom stereocenters. The van der Waals surface area contributed by atoms with E-state index < -0.39 is 6.10 Å². The van der Waals surface area contributed by atoms with Crippen molar-refractivity contribution in [3.63, 3.8) is 0 Å². The fourth-order valence-corrected chi connectivity index (χ4v) is 2.17. The number of amides is 1. The van der Waals surface area contributed by atoms with Crippen LogP contribution in [-0.4, -0.2) is 50.3 Å². The summed E-state index contributed by atoms with van der Waals surface area (Å²) in [5.74, 6) is 1.26. The van der Waals surface area contributed by atoms with E-state index in [0.717, 1.165) is 0 Å². The quantitative estimate of drug-likeness (QED) is 0.823. The Morgan fingerprint density at radius 1 is 1.30 bits per heavy atom. The molecule has 20 heavy (non-hydrogen) atoms. The smallest absolute Gasteiger partial charge is 0.263 e. The number of morpholine rings is 1. The molecule has 1 aromatic carbocycles. The van der Waals surface area contributed by atoms with E-state index in [0.29, 0.717) is 44.2 Å². The van der Waals surface area contributed by atoms with Gasteiger partial charge in [-0.15, -0.1) is 0 Å². The van der Waals surface area contributed by atoms with Crippen molar-refractivity contribution in [3.05, 3.63) is 24.3 Å². The van der Waals surface area contributed by atoms with Gasteiger partial charge in [0.05, 0.1) is 20.3 Å². The minimum atomic E-state index is -0.482. The molecule has 0 aliphatic carbocycles. The summed E-state index contributed by atoms with van der Waals surface area (Å²) < 4.78 is 16.4. The third kappa shape index (κ3) is 3.42. The van der Waals surface area contributed by atoms with E-state index in [9.17, 15) is 4.79 Å². The number of hydrogen-bond donors (Lipinski definition) is 0. The molecule has 1 fully saturated rings. The van der Waals surface area contributed by atoms with E-state index in [1.54, 1.807) is 12.0 Å². The van der Waals surface area contributed by atoms with Crippen molar-refractivity contribution >= 4 is 5.91 Å². The number of para-hydroxylation sites is 2. The second-order valence-electron chi connectivity index (χ2n) is 4.60. The highest BCUT2D eigenvalue weighted by Gasteiger charge is 2.26. The monoisotopic (exact) mass is 279 g/mol. The molecule has 1 aliphatic heterocycles. The van der Waals surface area contributed by atoms with Gasteiger partial charge in [0.1, 0.15) is 0 Å². The predicted molar refractivity (Wildman–Crippen MR) is 75.1 cm³/mol. The lowest BCUT2D eigenvalue weighted by atomic mass is 10.2. The Morgan fingerprint density at radius 2 is 1.95 bits per heavy atom. The van der Waals surface area contributed by atoms with Crippen LogP contribution in [0.5, 0.6) is 11.5 Å². The minimum absolute atomic E-state index is 0.0155. The summed E-state index contributed by atoms with van der Waals surface area (Å²) in [7, 11) is 1.59. The molecule has 0 radical (unpaired) electrons. The predicted octanol–water partition coefficient (Wildman–Crippen LogP) is 1.71. The van der Waals surface area contributed by atoms with Gasteiger partial charge in [-0.3, -0.25) is 4.79 Å². The van der Waals surface area contributed by atoms with E-state index >= 15 is 0 Å². The third-order valence-corrected chi connectivity index (χ3v) is 3.31. The molecule has 5 heteroatoms. The molecule has 110 valence electrons. The van der Waals surface area contributed by atoms with Crippen LogP contribution < -0.4 is 9.47 Å². The zero-order valence-corrected chi connectivity index (χ0v) is 12.0. The first kappa shape index (κ1) is 14.7. The molecule has 1 saturated heterocycles. The van der Waals surface area contributed by atoms with Gasteiger partial charge in [-0.2, -0.15) is 0 Å².